The summed E-state index contributed by atoms with van der Waals surface area (Å²) in [4.78, 5) is 0. The molecule has 0 saturated heterocycles. The summed E-state index contributed by atoms with van der Waals surface area (Å²) in [5.74, 6) is 0.643. The van der Waals surface area contributed by atoms with E-state index in [4.69, 9.17) is 11.5 Å². The van der Waals surface area contributed by atoms with Gasteiger partial charge in [-0.3, -0.25) is 0 Å². The van der Waals surface area contributed by atoms with E-state index >= 15 is 0 Å². The van der Waals surface area contributed by atoms with Crippen LogP contribution in [-0.2, 0) is 0 Å². The number of allylic oxidation sites excluding steroid dienone is 5. The van der Waals surface area contributed by atoms with Gasteiger partial charge in [0, 0.05) is 11.9 Å². The van der Waals surface area contributed by atoms with E-state index in [-0.39, 0.29) is 26.5 Å². The SMILES string of the molecule is CCCC(CCCCCC(N)N)C1=CC=CC=CN1.[H-].[Li+]. The molecule has 0 aromatic carbocycles. The number of rotatable bonds is 9. The van der Waals surface area contributed by atoms with Crippen molar-refractivity contribution in [2.24, 2.45) is 17.4 Å². The van der Waals surface area contributed by atoms with Gasteiger partial charge in [0.2, 0.25) is 0 Å². The summed E-state index contributed by atoms with van der Waals surface area (Å²) in [5.41, 5.74) is 12.5. The van der Waals surface area contributed by atoms with Crippen LogP contribution >= 0.6 is 0 Å². The summed E-state index contributed by atoms with van der Waals surface area (Å²) in [6.07, 6.45) is 18.6. The summed E-state index contributed by atoms with van der Waals surface area (Å²) in [5, 5.41) is 3.40. The van der Waals surface area contributed by atoms with Crippen LogP contribution in [0.1, 0.15) is 53.3 Å². The zero-order chi connectivity index (χ0) is 13.9. The summed E-state index contributed by atoms with van der Waals surface area (Å²) >= 11 is 0. The van der Waals surface area contributed by atoms with E-state index in [1.165, 1.54) is 37.8 Å². The molecule has 1 atom stereocenters. The minimum Gasteiger partial charge on any atom is -1.00 e. The molecule has 110 valence electrons. The van der Waals surface area contributed by atoms with E-state index in [1.807, 2.05) is 12.3 Å². The molecule has 0 radical (unpaired) electrons. The van der Waals surface area contributed by atoms with Crippen molar-refractivity contribution in [2.75, 3.05) is 0 Å². The third-order valence-electron chi connectivity index (χ3n) is 3.51. The van der Waals surface area contributed by atoms with E-state index in [9.17, 15) is 0 Å². The van der Waals surface area contributed by atoms with Gasteiger partial charge >= 0.3 is 18.9 Å². The maximum absolute atomic E-state index is 5.56. The Morgan fingerprint density at radius 1 is 1.05 bits per heavy atom. The molecule has 1 aliphatic heterocycles. The molecule has 20 heavy (non-hydrogen) atoms. The van der Waals surface area contributed by atoms with Crippen LogP contribution in [0.15, 0.2) is 36.2 Å². The molecule has 3 nitrogen and oxygen atoms in total. The fourth-order valence-corrected chi connectivity index (χ4v) is 2.48. The Morgan fingerprint density at radius 3 is 2.50 bits per heavy atom. The van der Waals surface area contributed by atoms with E-state index < -0.39 is 0 Å². The Hall–Kier alpha value is -0.463. The van der Waals surface area contributed by atoms with Gasteiger partial charge < -0.3 is 18.2 Å². The average Bonchev–Trinajstić information content (AvgIpc) is 2.65. The summed E-state index contributed by atoms with van der Waals surface area (Å²) in [6.45, 7) is 2.25. The van der Waals surface area contributed by atoms with Crippen LogP contribution in [0.3, 0.4) is 0 Å². The molecule has 0 fully saturated rings. The molecular weight excluding hydrogens is 241 g/mol. The second kappa shape index (κ2) is 12.3. The first-order chi connectivity index (χ1) is 9.24. The monoisotopic (exact) mass is 271 g/mol. The van der Waals surface area contributed by atoms with Crippen LogP contribution in [0.2, 0.25) is 0 Å². The largest absolute Gasteiger partial charge is 1.00 e. The van der Waals surface area contributed by atoms with Crippen molar-refractivity contribution in [3.05, 3.63) is 36.2 Å². The average molecular weight is 271 g/mol. The minimum absolute atomic E-state index is 0. The van der Waals surface area contributed by atoms with Gasteiger partial charge in [0.25, 0.3) is 0 Å². The van der Waals surface area contributed by atoms with Gasteiger partial charge in [-0.1, -0.05) is 44.8 Å². The van der Waals surface area contributed by atoms with Crippen molar-refractivity contribution >= 4 is 0 Å². The molecule has 0 aromatic heterocycles. The molecule has 4 heteroatoms. The molecule has 5 N–H and O–H groups in total. The van der Waals surface area contributed by atoms with Crippen molar-refractivity contribution in [3.63, 3.8) is 0 Å². The van der Waals surface area contributed by atoms with Gasteiger partial charge in [-0.15, -0.1) is 0 Å². The van der Waals surface area contributed by atoms with E-state index in [0.717, 1.165) is 12.8 Å². The predicted molar refractivity (Wildman–Crippen MR) is 84.3 cm³/mol. The first-order valence-corrected chi connectivity index (χ1v) is 7.55. The van der Waals surface area contributed by atoms with Crippen molar-refractivity contribution in [2.45, 2.75) is 58.0 Å². The zero-order valence-corrected chi connectivity index (χ0v) is 13.1. The van der Waals surface area contributed by atoms with Gasteiger partial charge in [0.15, 0.2) is 0 Å². The second-order valence-corrected chi connectivity index (χ2v) is 5.30. The molecular formula is C16H30LiN3. The van der Waals surface area contributed by atoms with Crippen LogP contribution in [0, 0.1) is 5.92 Å². The summed E-state index contributed by atoms with van der Waals surface area (Å²) < 4.78 is 0. The van der Waals surface area contributed by atoms with Crippen LogP contribution in [-0.4, -0.2) is 6.17 Å². The number of unbranched alkanes of at least 4 members (excludes halogenated alkanes) is 2. The third kappa shape index (κ3) is 8.66. The van der Waals surface area contributed by atoms with Crippen molar-refractivity contribution in [3.8, 4) is 0 Å². The van der Waals surface area contributed by atoms with Crippen LogP contribution < -0.4 is 35.6 Å². The molecule has 0 aromatic rings. The maximum Gasteiger partial charge on any atom is 1.00 e. The van der Waals surface area contributed by atoms with Crippen LogP contribution in [0.5, 0.6) is 0 Å². The van der Waals surface area contributed by atoms with Gasteiger partial charge in [0.1, 0.15) is 0 Å². The smallest absolute Gasteiger partial charge is 1.00 e. The fraction of sp³-hybridized carbons (Fsp3) is 0.625. The van der Waals surface area contributed by atoms with E-state index in [2.05, 4.69) is 30.5 Å². The molecule has 1 heterocycles. The molecule has 0 spiro atoms. The molecule has 1 aliphatic rings. The van der Waals surface area contributed by atoms with Gasteiger partial charge in [0.05, 0.1) is 6.17 Å². The van der Waals surface area contributed by atoms with Crippen molar-refractivity contribution in [1.82, 2.24) is 5.32 Å². The summed E-state index contributed by atoms with van der Waals surface area (Å²) in [7, 11) is 0. The molecule has 0 amide bonds. The van der Waals surface area contributed by atoms with Gasteiger partial charge in [-0.2, -0.15) is 0 Å². The minimum atomic E-state index is -0.145. The summed E-state index contributed by atoms with van der Waals surface area (Å²) in [6, 6.07) is 0. The first-order valence-electron chi connectivity index (χ1n) is 7.55. The number of hydrogen-bond acceptors (Lipinski definition) is 3. The Morgan fingerprint density at radius 2 is 1.80 bits per heavy atom. The zero-order valence-electron chi connectivity index (χ0n) is 14.1. The molecule has 0 aliphatic carbocycles. The Labute approximate surface area is 137 Å². The van der Waals surface area contributed by atoms with E-state index in [1.54, 1.807) is 0 Å². The normalized spacial score (nSPS) is 15.3. The fourth-order valence-electron chi connectivity index (χ4n) is 2.48. The van der Waals surface area contributed by atoms with Gasteiger partial charge in [-0.25, -0.2) is 0 Å². The molecule has 0 saturated carbocycles. The Balaban J connectivity index is 0. The molecule has 0 bridgehead atoms. The van der Waals surface area contributed by atoms with Crippen LogP contribution in [0.25, 0.3) is 0 Å². The Kier molecular flexibility index (Phi) is 12.0. The maximum atomic E-state index is 5.56. The van der Waals surface area contributed by atoms with Crippen molar-refractivity contribution in [1.29, 1.82) is 0 Å². The van der Waals surface area contributed by atoms with Crippen molar-refractivity contribution < 1.29 is 20.3 Å². The Bertz CT molecular complexity index is 327. The molecule has 1 unspecified atom stereocenters. The second-order valence-electron chi connectivity index (χ2n) is 5.30. The first kappa shape index (κ1) is 19.5. The standard InChI is InChI=1S/C16H29N3.Li.H/c1-2-9-14(10-5-3-7-12-16(17)18)15-11-6-4-8-13-19-15;;/h4,6,8,11,13-14,16,19H,2-3,5,7,9-10,12,17-18H2,1H3;;/q;+1;-1. The van der Waals surface area contributed by atoms with Crippen LogP contribution in [0.4, 0.5) is 0 Å². The number of nitrogens with two attached hydrogens (primary N) is 2. The quantitative estimate of drug-likeness (QED) is 0.320. The topological polar surface area (TPSA) is 64.1 Å². The number of hydrogen-bond donors (Lipinski definition) is 3. The number of nitrogens with one attached hydrogen (secondary N) is 1. The van der Waals surface area contributed by atoms with E-state index in [0.29, 0.717) is 5.92 Å². The molecule has 1 rings (SSSR count). The third-order valence-corrected chi connectivity index (χ3v) is 3.51. The predicted octanol–water partition coefficient (Wildman–Crippen LogP) is 0.270. The van der Waals surface area contributed by atoms with Gasteiger partial charge in [-0.05, 0) is 37.3 Å².